The topological polar surface area (TPSA) is 20.3 Å². The van der Waals surface area contributed by atoms with Gasteiger partial charge < -0.3 is 4.90 Å². The molecule has 1 heterocycles. The van der Waals surface area contributed by atoms with Crippen LogP contribution in [-0.4, -0.2) is 29.3 Å². The van der Waals surface area contributed by atoms with E-state index in [1.165, 1.54) is 5.56 Å². The maximum atomic E-state index is 12.1. The van der Waals surface area contributed by atoms with Crippen molar-refractivity contribution < 1.29 is 4.79 Å². The summed E-state index contributed by atoms with van der Waals surface area (Å²) in [6.45, 7) is 0.915. The van der Waals surface area contributed by atoms with Gasteiger partial charge in [-0.05, 0) is 31.2 Å². The third-order valence-electron chi connectivity index (χ3n) is 3.54. The number of amides is 1. The predicted molar refractivity (Wildman–Crippen MR) is 74.8 cm³/mol. The fourth-order valence-corrected chi connectivity index (χ4v) is 2.76. The minimum atomic E-state index is 0.272. The first-order chi connectivity index (χ1) is 8.81. The summed E-state index contributed by atoms with van der Waals surface area (Å²) in [5, 5.41) is 0. The molecule has 0 N–H and O–H groups in total. The van der Waals surface area contributed by atoms with Gasteiger partial charge in [0.15, 0.2) is 0 Å². The molecule has 18 heavy (non-hydrogen) atoms. The van der Waals surface area contributed by atoms with Gasteiger partial charge in [0.1, 0.15) is 0 Å². The molecule has 2 rings (SSSR count). The molecule has 1 aliphatic heterocycles. The molecular formula is C15H20ClNO. The highest BCUT2D eigenvalue weighted by atomic mass is 35.5. The van der Waals surface area contributed by atoms with E-state index in [0.717, 1.165) is 32.2 Å². The Morgan fingerprint density at radius 3 is 2.83 bits per heavy atom. The van der Waals surface area contributed by atoms with Gasteiger partial charge in [-0.3, -0.25) is 4.79 Å². The fraction of sp³-hybridized carbons (Fsp3) is 0.533. The monoisotopic (exact) mass is 265 g/mol. The van der Waals surface area contributed by atoms with Gasteiger partial charge in [0, 0.05) is 24.9 Å². The third kappa shape index (κ3) is 3.49. The number of carbonyl (C=O) groups excluding carboxylic acids is 1. The van der Waals surface area contributed by atoms with Crippen LogP contribution in [0.15, 0.2) is 30.3 Å². The summed E-state index contributed by atoms with van der Waals surface area (Å²) >= 11 is 5.65. The van der Waals surface area contributed by atoms with Crippen LogP contribution in [0, 0.1) is 0 Å². The van der Waals surface area contributed by atoms with Crippen LogP contribution >= 0.6 is 11.6 Å². The molecule has 0 bridgehead atoms. The highest BCUT2D eigenvalue weighted by Gasteiger charge is 2.27. The van der Waals surface area contributed by atoms with E-state index >= 15 is 0 Å². The van der Waals surface area contributed by atoms with Crippen LogP contribution in [-0.2, 0) is 11.2 Å². The minimum Gasteiger partial charge on any atom is -0.339 e. The van der Waals surface area contributed by atoms with Crippen molar-refractivity contribution in [2.45, 2.75) is 38.1 Å². The lowest BCUT2D eigenvalue weighted by atomic mass is 10.0. The molecular weight excluding hydrogens is 246 g/mol. The first kappa shape index (κ1) is 13.4. The lowest BCUT2D eigenvalue weighted by Gasteiger charge is -2.25. The Balaban J connectivity index is 1.93. The highest BCUT2D eigenvalue weighted by Crippen LogP contribution is 2.22. The second-order valence-corrected chi connectivity index (χ2v) is 5.24. The van der Waals surface area contributed by atoms with Crippen molar-refractivity contribution in [2.24, 2.45) is 0 Å². The molecule has 1 aromatic carbocycles. The van der Waals surface area contributed by atoms with Crippen molar-refractivity contribution in [3.05, 3.63) is 35.9 Å². The molecule has 3 heteroatoms. The van der Waals surface area contributed by atoms with E-state index in [1.807, 2.05) is 6.07 Å². The smallest absolute Gasteiger partial charge is 0.222 e. The van der Waals surface area contributed by atoms with E-state index in [-0.39, 0.29) is 5.91 Å². The van der Waals surface area contributed by atoms with E-state index in [9.17, 15) is 4.79 Å². The van der Waals surface area contributed by atoms with Gasteiger partial charge in [-0.2, -0.15) is 0 Å². The summed E-state index contributed by atoms with van der Waals surface area (Å²) in [4.78, 5) is 14.1. The van der Waals surface area contributed by atoms with Crippen LogP contribution < -0.4 is 0 Å². The Hall–Kier alpha value is -1.02. The molecule has 0 saturated carbocycles. The summed E-state index contributed by atoms with van der Waals surface area (Å²) < 4.78 is 0. The number of halogens is 1. The second kappa shape index (κ2) is 6.79. The number of alkyl halides is 1. The van der Waals surface area contributed by atoms with E-state index < -0.39 is 0 Å². The van der Waals surface area contributed by atoms with Gasteiger partial charge >= 0.3 is 0 Å². The van der Waals surface area contributed by atoms with E-state index in [2.05, 4.69) is 29.2 Å². The summed E-state index contributed by atoms with van der Waals surface area (Å²) in [6, 6.07) is 10.8. The number of carbonyl (C=O) groups is 1. The maximum Gasteiger partial charge on any atom is 0.222 e. The largest absolute Gasteiger partial charge is 0.339 e. The molecule has 98 valence electrons. The average molecular weight is 266 g/mol. The molecule has 1 atom stereocenters. The van der Waals surface area contributed by atoms with Crippen molar-refractivity contribution in [1.29, 1.82) is 0 Å². The van der Waals surface area contributed by atoms with Crippen molar-refractivity contribution >= 4 is 17.5 Å². The third-order valence-corrected chi connectivity index (χ3v) is 3.80. The molecule has 0 spiro atoms. The SMILES string of the molecule is O=C(CCCCl)N1CCCC1Cc1ccccc1. The van der Waals surface area contributed by atoms with Crippen molar-refractivity contribution in [2.75, 3.05) is 12.4 Å². The second-order valence-electron chi connectivity index (χ2n) is 4.87. The van der Waals surface area contributed by atoms with E-state index in [1.54, 1.807) is 0 Å². The molecule has 1 saturated heterocycles. The molecule has 1 fully saturated rings. The summed E-state index contributed by atoms with van der Waals surface area (Å²) in [7, 11) is 0. The number of hydrogen-bond donors (Lipinski definition) is 0. The maximum absolute atomic E-state index is 12.1. The Labute approximate surface area is 114 Å². The molecule has 2 nitrogen and oxygen atoms in total. The van der Waals surface area contributed by atoms with Gasteiger partial charge in [-0.15, -0.1) is 11.6 Å². The number of likely N-dealkylation sites (tertiary alicyclic amines) is 1. The fourth-order valence-electron chi connectivity index (χ4n) is 2.62. The van der Waals surface area contributed by atoms with Crippen molar-refractivity contribution in [3.8, 4) is 0 Å². The zero-order valence-electron chi connectivity index (χ0n) is 10.6. The predicted octanol–water partition coefficient (Wildman–Crippen LogP) is 3.24. The summed E-state index contributed by atoms with van der Waals surface area (Å²) in [5.74, 6) is 0.845. The quantitative estimate of drug-likeness (QED) is 0.749. The van der Waals surface area contributed by atoms with Crippen molar-refractivity contribution in [3.63, 3.8) is 0 Å². The van der Waals surface area contributed by atoms with Crippen molar-refractivity contribution in [1.82, 2.24) is 4.90 Å². The molecule has 1 aromatic rings. The standard InChI is InChI=1S/C15H20ClNO/c16-10-4-9-15(18)17-11-5-8-14(17)12-13-6-2-1-3-7-13/h1-3,6-7,14H,4-5,8-12H2. The molecule has 1 unspecified atom stereocenters. The van der Waals surface area contributed by atoms with Crippen LogP contribution in [0.2, 0.25) is 0 Å². The molecule has 0 aromatic heterocycles. The van der Waals surface area contributed by atoms with Crippen LogP contribution in [0.3, 0.4) is 0 Å². The van der Waals surface area contributed by atoms with Crippen LogP contribution in [0.25, 0.3) is 0 Å². The van der Waals surface area contributed by atoms with Gasteiger partial charge in [0.05, 0.1) is 0 Å². The molecule has 1 aliphatic rings. The average Bonchev–Trinajstić information content (AvgIpc) is 2.85. The number of nitrogens with zero attached hydrogens (tertiary/aromatic N) is 1. The van der Waals surface area contributed by atoms with Crippen LogP contribution in [0.4, 0.5) is 0 Å². The molecule has 0 radical (unpaired) electrons. The van der Waals surface area contributed by atoms with E-state index in [0.29, 0.717) is 18.3 Å². The number of hydrogen-bond acceptors (Lipinski definition) is 1. The Morgan fingerprint density at radius 2 is 2.11 bits per heavy atom. The summed E-state index contributed by atoms with van der Waals surface area (Å²) in [6.07, 6.45) is 4.61. The zero-order valence-corrected chi connectivity index (χ0v) is 11.4. The lowest BCUT2D eigenvalue weighted by molar-refractivity contribution is -0.132. The van der Waals surface area contributed by atoms with Gasteiger partial charge in [-0.25, -0.2) is 0 Å². The Morgan fingerprint density at radius 1 is 1.33 bits per heavy atom. The lowest BCUT2D eigenvalue weighted by Crippen LogP contribution is -2.36. The Bertz CT molecular complexity index is 379. The Kier molecular flexibility index (Phi) is 5.06. The first-order valence-corrected chi connectivity index (χ1v) is 7.24. The van der Waals surface area contributed by atoms with Gasteiger partial charge in [0.25, 0.3) is 0 Å². The normalized spacial score (nSPS) is 19.2. The highest BCUT2D eigenvalue weighted by molar-refractivity contribution is 6.17. The first-order valence-electron chi connectivity index (χ1n) is 6.70. The molecule has 0 aliphatic carbocycles. The van der Waals surface area contributed by atoms with Crippen LogP contribution in [0.1, 0.15) is 31.2 Å². The summed E-state index contributed by atoms with van der Waals surface area (Å²) in [5.41, 5.74) is 1.32. The van der Waals surface area contributed by atoms with Gasteiger partial charge in [-0.1, -0.05) is 30.3 Å². The van der Waals surface area contributed by atoms with E-state index in [4.69, 9.17) is 11.6 Å². The zero-order chi connectivity index (χ0) is 12.8. The number of benzene rings is 1. The number of rotatable bonds is 5. The van der Waals surface area contributed by atoms with Gasteiger partial charge in [0.2, 0.25) is 5.91 Å². The van der Waals surface area contributed by atoms with Crippen LogP contribution in [0.5, 0.6) is 0 Å². The minimum absolute atomic E-state index is 0.272. The molecule has 1 amide bonds.